The van der Waals surface area contributed by atoms with Crippen molar-refractivity contribution in [2.75, 3.05) is 7.11 Å². The Balaban J connectivity index is 3.18. The number of hydrogen-bond acceptors (Lipinski definition) is 4. The molecule has 0 radical (unpaired) electrons. The van der Waals surface area contributed by atoms with E-state index in [1.807, 2.05) is 0 Å². The van der Waals surface area contributed by atoms with Gasteiger partial charge < -0.3 is 9.84 Å². The van der Waals surface area contributed by atoms with Crippen molar-refractivity contribution in [2.24, 2.45) is 5.90 Å². The molecule has 0 atom stereocenters. The first-order valence-corrected chi connectivity index (χ1v) is 4.57. The number of rotatable bonds is 5. The van der Waals surface area contributed by atoms with Gasteiger partial charge in [-0.15, -0.1) is 0 Å². The summed E-state index contributed by atoms with van der Waals surface area (Å²) in [5.41, 5.74) is 1.29. The summed E-state index contributed by atoms with van der Waals surface area (Å²) >= 11 is 0. The Morgan fingerprint density at radius 2 is 2.19 bits per heavy atom. The second kappa shape index (κ2) is 5.89. The first kappa shape index (κ1) is 12.2. The van der Waals surface area contributed by atoms with Gasteiger partial charge in [0.15, 0.2) is 0 Å². The van der Waals surface area contributed by atoms with E-state index >= 15 is 0 Å². The molecule has 0 bridgehead atoms. The maximum Gasteiger partial charge on any atom is 0.339 e. The third-order valence-electron chi connectivity index (χ3n) is 2.01. The summed E-state index contributed by atoms with van der Waals surface area (Å²) in [6.07, 6.45) is 1.18. The average Bonchev–Trinajstić information content (AvgIpc) is 2.27. The minimum atomic E-state index is -1.06. The van der Waals surface area contributed by atoms with Gasteiger partial charge in [-0.25, -0.2) is 10.7 Å². The molecule has 86 valence electrons. The van der Waals surface area contributed by atoms with Crippen molar-refractivity contribution in [3.8, 4) is 0 Å². The number of benzene rings is 1. The second-order valence-electron chi connectivity index (χ2n) is 3.04. The fourth-order valence-electron chi connectivity index (χ4n) is 1.35. The van der Waals surface area contributed by atoms with Gasteiger partial charge in [0.2, 0.25) is 0 Å². The lowest BCUT2D eigenvalue weighted by Gasteiger charge is -2.08. The fraction of sp³-hybridized carbons (Fsp3) is 0.182. The molecule has 0 fully saturated rings. The molecule has 0 unspecified atom stereocenters. The quantitative estimate of drug-likeness (QED) is 0.444. The van der Waals surface area contributed by atoms with Gasteiger partial charge in [-0.2, -0.15) is 0 Å². The number of methoxy groups -OCH3 is 1. The molecule has 0 spiro atoms. The molecule has 1 rings (SSSR count). The van der Waals surface area contributed by atoms with E-state index in [-0.39, 0.29) is 12.2 Å². The zero-order valence-corrected chi connectivity index (χ0v) is 8.84. The maximum absolute atomic E-state index is 11.0. The van der Waals surface area contributed by atoms with Crippen molar-refractivity contribution in [2.45, 2.75) is 6.61 Å². The Bertz CT molecular complexity index is 401. The molecule has 0 heterocycles. The molecule has 0 aliphatic heterocycles. The first-order valence-electron chi connectivity index (χ1n) is 4.57. The van der Waals surface area contributed by atoms with E-state index in [0.717, 1.165) is 0 Å². The van der Waals surface area contributed by atoms with Crippen LogP contribution < -0.4 is 5.90 Å². The number of ether oxygens (including phenoxy) is 1. The van der Waals surface area contributed by atoms with E-state index < -0.39 is 5.97 Å². The van der Waals surface area contributed by atoms with Crippen LogP contribution in [-0.2, 0) is 21.0 Å². The summed E-state index contributed by atoms with van der Waals surface area (Å²) in [4.78, 5) is 15.5. The van der Waals surface area contributed by atoms with Crippen molar-refractivity contribution in [3.63, 3.8) is 0 Å². The van der Waals surface area contributed by atoms with Crippen molar-refractivity contribution >= 4 is 11.5 Å². The number of hydrogen-bond donors (Lipinski definition) is 2. The molecule has 16 heavy (non-hydrogen) atoms. The smallest absolute Gasteiger partial charge is 0.339 e. The molecule has 1 aromatic rings. The molecule has 0 aliphatic carbocycles. The lowest BCUT2D eigenvalue weighted by Crippen LogP contribution is -2.06. The molecule has 0 saturated heterocycles. The lowest BCUT2D eigenvalue weighted by atomic mass is 10.0. The Kier molecular flexibility index (Phi) is 4.50. The summed E-state index contributed by atoms with van der Waals surface area (Å²) < 4.78 is 4.74. The molecule has 3 N–H and O–H groups in total. The molecule has 0 amide bonds. The maximum atomic E-state index is 11.0. The highest BCUT2D eigenvalue weighted by Crippen LogP contribution is 2.20. The van der Waals surface area contributed by atoms with E-state index in [9.17, 15) is 4.79 Å². The highest BCUT2D eigenvalue weighted by Gasteiger charge is 2.14. The Labute approximate surface area is 93.0 Å². The standard InChI is InChI=1S/C11H13NO4/c1-15-7-10(11(13)14)9-5-3-2-4-8(9)6-16-12/h2-5,7H,6,12H2,1H3,(H,13,14)/b10-7-. The van der Waals surface area contributed by atoms with E-state index in [2.05, 4.69) is 4.84 Å². The predicted molar refractivity (Wildman–Crippen MR) is 58.0 cm³/mol. The number of nitrogens with two attached hydrogens (primary N) is 1. The lowest BCUT2D eigenvalue weighted by molar-refractivity contribution is -0.130. The van der Waals surface area contributed by atoms with Crippen LogP contribution in [0.25, 0.3) is 5.57 Å². The second-order valence-corrected chi connectivity index (χ2v) is 3.04. The average molecular weight is 223 g/mol. The Morgan fingerprint density at radius 3 is 2.75 bits per heavy atom. The molecular formula is C11H13NO4. The van der Waals surface area contributed by atoms with Crippen LogP contribution in [-0.4, -0.2) is 18.2 Å². The van der Waals surface area contributed by atoms with Crippen LogP contribution in [0, 0.1) is 0 Å². The normalized spacial score (nSPS) is 11.2. The van der Waals surface area contributed by atoms with Gasteiger partial charge in [0.25, 0.3) is 0 Å². The van der Waals surface area contributed by atoms with Gasteiger partial charge in [0.05, 0.1) is 20.0 Å². The Hall–Kier alpha value is -1.85. The van der Waals surface area contributed by atoms with Crippen LogP contribution in [0.3, 0.4) is 0 Å². The molecular weight excluding hydrogens is 210 g/mol. The van der Waals surface area contributed by atoms with Crippen molar-refractivity contribution < 1.29 is 19.5 Å². The van der Waals surface area contributed by atoms with Gasteiger partial charge in [0, 0.05) is 0 Å². The predicted octanol–water partition coefficient (Wildman–Crippen LogP) is 1.15. The van der Waals surface area contributed by atoms with Crippen LogP contribution in [0.1, 0.15) is 11.1 Å². The van der Waals surface area contributed by atoms with Crippen LogP contribution in [0.4, 0.5) is 0 Å². The third-order valence-corrected chi connectivity index (χ3v) is 2.01. The molecule has 5 heteroatoms. The van der Waals surface area contributed by atoms with Crippen LogP contribution in [0.15, 0.2) is 30.5 Å². The fourth-order valence-corrected chi connectivity index (χ4v) is 1.35. The van der Waals surface area contributed by atoms with Crippen LogP contribution in [0.2, 0.25) is 0 Å². The van der Waals surface area contributed by atoms with E-state index in [1.165, 1.54) is 13.4 Å². The minimum absolute atomic E-state index is 0.0650. The van der Waals surface area contributed by atoms with Crippen LogP contribution in [0.5, 0.6) is 0 Å². The zero-order valence-electron chi connectivity index (χ0n) is 8.84. The SMILES string of the molecule is CO/C=C(\C(=O)O)c1ccccc1CON. The minimum Gasteiger partial charge on any atom is -0.503 e. The topological polar surface area (TPSA) is 81.8 Å². The summed E-state index contributed by atoms with van der Waals surface area (Å²) in [6.45, 7) is 0.143. The van der Waals surface area contributed by atoms with E-state index in [4.69, 9.17) is 15.7 Å². The van der Waals surface area contributed by atoms with Crippen LogP contribution >= 0.6 is 0 Å². The van der Waals surface area contributed by atoms with Crippen molar-refractivity contribution in [1.82, 2.24) is 0 Å². The van der Waals surface area contributed by atoms with E-state index in [0.29, 0.717) is 11.1 Å². The number of carboxylic acids is 1. The Morgan fingerprint density at radius 1 is 1.50 bits per heavy atom. The number of aliphatic carboxylic acids is 1. The highest BCUT2D eigenvalue weighted by atomic mass is 16.6. The number of carbonyl (C=O) groups is 1. The largest absolute Gasteiger partial charge is 0.503 e. The van der Waals surface area contributed by atoms with E-state index in [1.54, 1.807) is 24.3 Å². The first-order chi connectivity index (χ1) is 7.70. The summed E-state index contributed by atoms with van der Waals surface area (Å²) in [7, 11) is 1.39. The molecule has 0 aliphatic rings. The summed E-state index contributed by atoms with van der Waals surface area (Å²) in [5, 5.41) is 9.03. The van der Waals surface area contributed by atoms with Gasteiger partial charge in [-0.05, 0) is 11.1 Å². The van der Waals surface area contributed by atoms with Crippen molar-refractivity contribution in [3.05, 3.63) is 41.7 Å². The summed E-state index contributed by atoms with van der Waals surface area (Å²) in [5.74, 6) is 3.92. The molecule has 0 saturated carbocycles. The van der Waals surface area contributed by atoms with Gasteiger partial charge >= 0.3 is 5.97 Å². The molecule has 5 nitrogen and oxygen atoms in total. The number of carboxylic acid groups (broad SMARTS) is 1. The van der Waals surface area contributed by atoms with Gasteiger partial charge in [0.1, 0.15) is 5.57 Å². The molecule has 1 aromatic carbocycles. The van der Waals surface area contributed by atoms with Crippen molar-refractivity contribution in [1.29, 1.82) is 0 Å². The highest BCUT2D eigenvalue weighted by molar-refractivity contribution is 6.15. The van der Waals surface area contributed by atoms with Gasteiger partial charge in [-0.3, -0.25) is 4.84 Å². The third kappa shape index (κ3) is 2.82. The zero-order chi connectivity index (χ0) is 12.0. The monoisotopic (exact) mass is 223 g/mol. The summed E-state index contributed by atoms with van der Waals surface area (Å²) in [6, 6.07) is 6.94. The van der Waals surface area contributed by atoms with Gasteiger partial charge in [-0.1, -0.05) is 24.3 Å². The molecule has 0 aromatic heterocycles.